The van der Waals surface area contributed by atoms with Gasteiger partial charge >= 0.3 is 0 Å². The highest BCUT2D eigenvalue weighted by atomic mass is 16.5. The van der Waals surface area contributed by atoms with E-state index < -0.39 is 0 Å². The Hall–Kier alpha value is -1.40. The van der Waals surface area contributed by atoms with Crippen LogP contribution in [-0.2, 0) is 16.1 Å². The number of aryl methyl sites for hydroxylation is 2. The Bertz CT molecular complexity index is 486. The fourth-order valence-electron chi connectivity index (χ4n) is 3.04. The van der Waals surface area contributed by atoms with Crippen molar-refractivity contribution in [1.82, 2.24) is 15.1 Å². The molecule has 1 saturated carbocycles. The molecule has 3 atom stereocenters. The molecule has 0 bridgehead atoms. The molecule has 1 heterocycles. The lowest BCUT2D eigenvalue weighted by molar-refractivity contribution is -0.127. The molecule has 1 aromatic rings. The molecule has 0 radical (unpaired) electrons. The summed E-state index contributed by atoms with van der Waals surface area (Å²) in [6.07, 6.45) is 2.49. The molecule has 0 aliphatic heterocycles. The number of nitrogens with zero attached hydrogens (tertiary/aromatic N) is 2. The Morgan fingerprint density at radius 3 is 2.86 bits per heavy atom. The van der Waals surface area contributed by atoms with E-state index in [2.05, 4.69) is 10.4 Å². The van der Waals surface area contributed by atoms with E-state index >= 15 is 0 Å². The van der Waals surface area contributed by atoms with Crippen molar-refractivity contribution in [3.8, 4) is 0 Å². The van der Waals surface area contributed by atoms with E-state index in [0.29, 0.717) is 19.5 Å². The van der Waals surface area contributed by atoms with Gasteiger partial charge in [0.05, 0.1) is 18.3 Å². The van der Waals surface area contributed by atoms with E-state index in [1.165, 1.54) is 0 Å². The minimum atomic E-state index is -0.0458. The lowest BCUT2D eigenvalue weighted by Crippen LogP contribution is -2.46. The van der Waals surface area contributed by atoms with Crippen LogP contribution in [0.15, 0.2) is 6.07 Å². The maximum Gasteiger partial charge on any atom is 0.223 e. The zero-order chi connectivity index (χ0) is 15.4. The van der Waals surface area contributed by atoms with Gasteiger partial charge in [-0.15, -0.1) is 0 Å². The van der Waals surface area contributed by atoms with Gasteiger partial charge in [0, 0.05) is 31.3 Å². The third-order valence-corrected chi connectivity index (χ3v) is 4.23. The summed E-state index contributed by atoms with van der Waals surface area (Å²) in [5.41, 5.74) is 8.16. The summed E-state index contributed by atoms with van der Waals surface area (Å²) in [6.45, 7) is 5.29. The van der Waals surface area contributed by atoms with E-state index in [1.807, 2.05) is 24.6 Å². The zero-order valence-electron chi connectivity index (χ0n) is 13.1. The number of rotatable bonds is 5. The van der Waals surface area contributed by atoms with Crippen LogP contribution in [0.3, 0.4) is 0 Å². The number of amides is 1. The van der Waals surface area contributed by atoms with Gasteiger partial charge < -0.3 is 15.8 Å². The van der Waals surface area contributed by atoms with Gasteiger partial charge in [0.2, 0.25) is 5.91 Å². The molecule has 2 rings (SSSR count). The van der Waals surface area contributed by atoms with Crippen LogP contribution in [0.1, 0.15) is 30.7 Å². The van der Waals surface area contributed by atoms with Crippen LogP contribution in [0, 0.1) is 19.8 Å². The first kappa shape index (κ1) is 16.0. The number of nitrogens with two attached hydrogens (primary N) is 1. The van der Waals surface area contributed by atoms with Crippen LogP contribution in [0.25, 0.3) is 0 Å². The number of nitrogens with one attached hydrogen (secondary N) is 1. The number of methoxy groups -OCH3 is 1. The molecule has 1 aliphatic rings. The average molecular weight is 294 g/mol. The van der Waals surface area contributed by atoms with Gasteiger partial charge in [-0.05, 0) is 39.2 Å². The molecular formula is C15H26N4O2. The van der Waals surface area contributed by atoms with Gasteiger partial charge in [0.1, 0.15) is 0 Å². The van der Waals surface area contributed by atoms with Gasteiger partial charge in [-0.25, -0.2) is 0 Å². The van der Waals surface area contributed by atoms with E-state index in [-0.39, 0.29) is 24.0 Å². The topological polar surface area (TPSA) is 82.2 Å². The summed E-state index contributed by atoms with van der Waals surface area (Å²) in [5, 5.41) is 7.38. The number of hydrogen-bond acceptors (Lipinski definition) is 4. The monoisotopic (exact) mass is 294 g/mol. The van der Waals surface area contributed by atoms with Crippen LogP contribution in [0.5, 0.6) is 0 Å². The van der Waals surface area contributed by atoms with Crippen molar-refractivity contribution in [3.63, 3.8) is 0 Å². The van der Waals surface area contributed by atoms with Crippen LogP contribution in [0.4, 0.5) is 0 Å². The van der Waals surface area contributed by atoms with E-state index in [1.54, 1.807) is 7.11 Å². The molecule has 0 saturated heterocycles. The quantitative estimate of drug-likeness (QED) is 0.840. The smallest absolute Gasteiger partial charge is 0.223 e. The number of hydrogen-bond donors (Lipinski definition) is 2. The largest absolute Gasteiger partial charge is 0.380 e. The standard InChI is InChI=1S/C15H26N4O2/c1-10-8-11(2)19(18-10)7-6-17-15(20)12-4-5-14(21-3)13(16)9-12/h8,12-14H,4-7,9,16H2,1-3H3,(H,17,20)/t12-,13+,14+/m0/s1. The highest BCUT2D eigenvalue weighted by Crippen LogP contribution is 2.25. The second-order valence-electron chi connectivity index (χ2n) is 5.89. The summed E-state index contributed by atoms with van der Waals surface area (Å²) in [5.74, 6) is 0.105. The third kappa shape index (κ3) is 4.04. The first-order valence-corrected chi connectivity index (χ1v) is 7.58. The predicted molar refractivity (Wildman–Crippen MR) is 80.8 cm³/mol. The van der Waals surface area contributed by atoms with Crippen molar-refractivity contribution in [1.29, 1.82) is 0 Å². The summed E-state index contributed by atoms with van der Waals surface area (Å²) >= 11 is 0. The van der Waals surface area contributed by atoms with Gasteiger partial charge in [-0.2, -0.15) is 5.10 Å². The van der Waals surface area contributed by atoms with E-state index in [4.69, 9.17) is 10.5 Å². The zero-order valence-corrected chi connectivity index (χ0v) is 13.1. The molecule has 118 valence electrons. The van der Waals surface area contributed by atoms with Gasteiger partial charge in [0.15, 0.2) is 0 Å². The first-order valence-electron chi connectivity index (χ1n) is 7.58. The minimum absolute atomic E-state index is 0.00635. The fraction of sp³-hybridized carbons (Fsp3) is 0.733. The van der Waals surface area contributed by atoms with Gasteiger partial charge in [0.25, 0.3) is 0 Å². The number of aromatic nitrogens is 2. The molecule has 1 amide bonds. The predicted octanol–water partition coefficient (Wildman–Crippen LogP) is 0.759. The van der Waals surface area contributed by atoms with Gasteiger partial charge in [-0.1, -0.05) is 0 Å². The molecule has 0 aromatic carbocycles. The van der Waals surface area contributed by atoms with Crippen LogP contribution in [0.2, 0.25) is 0 Å². The summed E-state index contributed by atoms with van der Waals surface area (Å²) < 4.78 is 7.24. The molecule has 3 N–H and O–H groups in total. The Kier molecular flexibility index (Phi) is 5.36. The van der Waals surface area contributed by atoms with Crippen molar-refractivity contribution in [2.24, 2.45) is 11.7 Å². The first-order chi connectivity index (χ1) is 10.0. The molecule has 6 heteroatoms. The number of carbonyl (C=O) groups is 1. The van der Waals surface area contributed by atoms with Crippen molar-refractivity contribution >= 4 is 5.91 Å². The van der Waals surface area contributed by atoms with Gasteiger partial charge in [-0.3, -0.25) is 9.48 Å². The Labute approximate surface area is 126 Å². The number of carbonyl (C=O) groups excluding carboxylic acids is 1. The summed E-state index contributed by atoms with van der Waals surface area (Å²) in [7, 11) is 1.68. The second-order valence-corrected chi connectivity index (χ2v) is 5.89. The highest BCUT2D eigenvalue weighted by Gasteiger charge is 2.31. The summed E-state index contributed by atoms with van der Waals surface area (Å²) in [6, 6.07) is 1.99. The Morgan fingerprint density at radius 2 is 2.29 bits per heavy atom. The Balaban J connectivity index is 1.76. The Morgan fingerprint density at radius 1 is 1.52 bits per heavy atom. The van der Waals surface area contributed by atoms with Crippen LogP contribution >= 0.6 is 0 Å². The van der Waals surface area contributed by atoms with Crippen molar-refractivity contribution in [2.45, 2.75) is 51.8 Å². The summed E-state index contributed by atoms with van der Waals surface area (Å²) in [4.78, 5) is 12.2. The minimum Gasteiger partial charge on any atom is -0.380 e. The molecule has 21 heavy (non-hydrogen) atoms. The molecule has 6 nitrogen and oxygen atoms in total. The van der Waals surface area contributed by atoms with Crippen LogP contribution in [-0.4, -0.2) is 41.5 Å². The maximum atomic E-state index is 12.2. The van der Waals surface area contributed by atoms with Crippen molar-refractivity contribution in [2.75, 3.05) is 13.7 Å². The molecule has 1 aliphatic carbocycles. The highest BCUT2D eigenvalue weighted by molar-refractivity contribution is 5.78. The molecule has 0 spiro atoms. The van der Waals surface area contributed by atoms with E-state index in [0.717, 1.165) is 24.2 Å². The van der Waals surface area contributed by atoms with Crippen LogP contribution < -0.4 is 11.1 Å². The lowest BCUT2D eigenvalue weighted by Gasteiger charge is -2.32. The second kappa shape index (κ2) is 7.04. The van der Waals surface area contributed by atoms with Crippen molar-refractivity contribution < 1.29 is 9.53 Å². The molecule has 0 unspecified atom stereocenters. The number of ether oxygens (including phenoxy) is 1. The fourth-order valence-corrected chi connectivity index (χ4v) is 3.04. The maximum absolute atomic E-state index is 12.2. The normalized spacial score (nSPS) is 25.8. The van der Waals surface area contributed by atoms with E-state index in [9.17, 15) is 4.79 Å². The van der Waals surface area contributed by atoms with Crippen molar-refractivity contribution in [3.05, 3.63) is 17.5 Å². The molecular weight excluding hydrogens is 268 g/mol. The molecule has 1 aromatic heterocycles. The third-order valence-electron chi connectivity index (χ3n) is 4.23. The lowest BCUT2D eigenvalue weighted by atomic mass is 9.83. The molecule has 1 fully saturated rings. The average Bonchev–Trinajstić information content (AvgIpc) is 2.76. The SMILES string of the molecule is CO[C@@H]1CC[C@H](C(=O)NCCn2nc(C)cc2C)C[C@H]1N.